The lowest BCUT2D eigenvalue weighted by molar-refractivity contribution is 0.169. The van der Waals surface area contributed by atoms with E-state index in [1.807, 2.05) is 6.92 Å². The van der Waals surface area contributed by atoms with Crippen molar-refractivity contribution in [1.82, 2.24) is 0 Å². The molecule has 0 rings (SSSR count). The van der Waals surface area contributed by atoms with E-state index in [0.29, 0.717) is 6.42 Å². The number of rotatable bonds is 3. The highest BCUT2D eigenvalue weighted by Gasteiger charge is 1.96. The van der Waals surface area contributed by atoms with Crippen LogP contribution < -0.4 is 0 Å². The number of hydrogen-bond donors (Lipinski definition) is 1. The summed E-state index contributed by atoms with van der Waals surface area (Å²) in [4.78, 5) is 0. The molecule has 9 heavy (non-hydrogen) atoms. The van der Waals surface area contributed by atoms with Crippen molar-refractivity contribution in [3.8, 4) is 12.3 Å². The smallest absolute Gasteiger partial charge is 0.0649 e. The first-order chi connectivity index (χ1) is 3.81. The lowest BCUT2D eigenvalue weighted by Gasteiger charge is -2.01. The van der Waals surface area contributed by atoms with E-state index in [-0.39, 0.29) is 18.5 Å². The molecule has 0 heterocycles. The minimum Gasteiger partial charge on any atom is -0.392 e. The van der Waals surface area contributed by atoms with Gasteiger partial charge in [0, 0.05) is 6.42 Å². The monoisotopic (exact) mass is 148 g/mol. The van der Waals surface area contributed by atoms with Gasteiger partial charge in [-0.25, -0.2) is 0 Å². The maximum absolute atomic E-state index is 8.91. The van der Waals surface area contributed by atoms with Gasteiger partial charge in [0.15, 0.2) is 0 Å². The van der Waals surface area contributed by atoms with Gasteiger partial charge in [0.05, 0.1) is 6.10 Å². The van der Waals surface area contributed by atoms with Crippen LogP contribution in [0.25, 0.3) is 0 Å². The van der Waals surface area contributed by atoms with Crippen LogP contribution in [0.1, 0.15) is 26.2 Å². The van der Waals surface area contributed by atoms with Gasteiger partial charge >= 0.3 is 0 Å². The van der Waals surface area contributed by atoms with Crippen LogP contribution in [0.2, 0.25) is 0 Å². The van der Waals surface area contributed by atoms with Crippen molar-refractivity contribution in [2.75, 3.05) is 0 Å². The predicted octanol–water partition coefficient (Wildman–Crippen LogP) is 1.59. The summed E-state index contributed by atoms with van der Waals surface area (Å²) < 4.78 is 0. The van der Waals surface area contributed by atoms with Gasteiger partial charge in [-0.15, -0.1) is 24.8 Å². The second-order valence-corrected chi connectivity index (χ2v) is 1.85. The Bertz CT molecular complexity index is 85.4. The molecule has 0 spiro atoms. The minimum absolute atomic E-state index is 0. The first kappa shape index (κ1) is 11.6. The summed E-state index contributed by atoms with van der Waals surface area (Å²) in [6, 6.07) is 0. The van der Waals surface area contributed by atoms with Crippen molar-refractivity contribution < 1.29 is 5.11 Å². The number of hydrogen-bond acceptors (Lipinski definition) is 1. The molecule has 0 fully saturated rings. The van der Waals surface area contributed by atoms with E-state index in [1.54, 1.807) is 0 Å². The Morgan fingerprint density at radius 2 is 2.22 bits per heavy atom. The first-order valence-corrected chi connectivity index (χ1v) is 2.92. The molecular formula is C7H13ClO. The minimum atomic E-state index is -0.273. The van der Waals surface area contributed by atoms with Crippen molar-refractivity contribution in [3.63, 3.8) is 0 Å². The normalized spacial score (nSPS) is 11.2. The predicted molar refractivity (Wildman–Crippen MR) is 41.6 cm³/mol. The van der Waals surface area contributed by atoms with Crippen LogP contribution in [0.4, 0.5) is 0 Å². The molecule has 0 aliphatic carbocycles. The summed E-state index contributed by atoms with van der Waals surface area (Å²) in [6.07, 6.45) is 7.00. The summed E-state index contributed by atoms with van der Waals surface area (Å²) in [7, 11) is 0. The van der Waals surface area contributed by atoms with Gasteiger partial charge < -0.3 is 5.11 Å². The summed E-state index contributed by atoms with van der Waals surface area (Å²) in [5.41, 5.74) is 0. The molecule has 54 valence electrons. The fourth-order valence-electron chi connectivity index (χ4n) is 0.571. The average molecular weight is 149 g/mol. The Morgan fingerprint density at radius 1 is 1.67 bits per heavy atom. The van der Waals surface area contributed by atoms with Crippen LogP contribution in [-0.4, -0.2) is 11.2 Å². The van der Waals surface area contributed by atoms with Gasteiger partial charge in [-0.2, -0.15) is 0 Å². The van der Waals surface area contributed by atoms with Gasteiger partial charge in [0.2, 0.25) is 0 Å². The average Bonchev–Trinajstić information content (AvgIpc) is 1.68. The molecule has 1 N–H and O–H groups in total. The molecular weight excluding hydrogens is 136 g/mol. The molecule has 0 aromatic heterocycles. The number of halogens is 1. The lowest BCUT2D eigenvalue weighted by atomic mass is 10.1. The quantitative estimate of drug-likeness (QED) is 0.603. The van der Waals surface area contributed by atoms with E-state index in [0.717, 1.165) is 12.8 Å². The van der Waals surface area contributed by atoms with Crippen LogP contribution in [0.5, 0.6) is 0 Å². The molecule has 0 aromatic rings. The van der Waals surface area contributed by atoms with Crippen LogP contribution in [0, 0.1) is 12.3 Å². The van der Waals surface area contributed by atoms with Gasteiger partial charge in [-0.3, -0.25) is 0 Å². The van der Waals surface area contributed by atoms with Crippen LogP contribution in [0.15, 0.2) is 0 Å². The number of terminal acetylenes is 1. The largest absolute Gasteiger partial charge is 0.392 e. The summed E-state index contributed by atoms with van der Waals surface area (Å²) >= 11 is 0. The lowest BCUT2D eigenvalue weighted by Crippen LogP contribution is -2.02. The third-order valence-electron chi connectivity index (χ3n) is 0.975. The molecule has 0 aliphatic heterocycles. The van der Waals surface area contributed by atoms with Gasteiger partial charge in [-0.1, -0.05) is 13.3 Å². The summed E-state index contributed by atoms with van der Waals surface area (Å²) in [6.45, 7) is 2.03. The van der Waals surface area contributed by atoms with E-state index in [9.17, 15) is 0 Å². The van der Waals surface area contributed by atoms with Crippen molar-refractivity contribution >= 4 is 12.4 Å². The second kappa shape index (κ2) is 7.81. The molecule has 2 heteroatoms. The molecule has 0 bridgehead atoms. The highest BCUT2D eigenvalue weighted by atomic mass is 35.5. The molecule has 1 atom stereocenters. The van der Waals surface area contributed by atoms with Gasteiger partial charge in [-0.05, 0) is 6.42 Å². The SMILES string of the molecule is C#CCC(O)CCC.Cl. The first-order valence-electron chi connectivity index (χ1n) is 2.92. The fourth-order valence-corrected chi connectivity index (χ4v) is 0.571. The van der Waals surface area contributed by atoms with E-state index in [1.165, 1.54) is 0 Å². The van der Waals surface area contributed by atoms with Gasteiger partial charge in [0.1, 0.15) is 0 Å². The highest BCUT2D eigenvalue weighted by molar-refractivity contribution is 5.85. The highest BCUT2D eigenvalue weighted by Crippen LogP contribution is 1.98. The Morgan fingerprint density at radius 3 is 2.56 bits per heavy atom. The molecule has 0 aromatic carbocycles. The zero-order chi connectivity index (χ0) is 6.41. The van der Waals surface area contributed by atoms with Crippen LogP contribution >= 0.6 is 12.4 Å². The second-order valence-electron chi connectivity index (χ2n) is 1.85. The standard InChI is InChI=1S/C7H12O.ClH/c1-3-5-7(8)6-4-2;/h1,7-8H,4-6H2,2H3;1H. The van der Waals surface area contributed by atoms with E-state index in [2.05, 4.69) is 5.92 Å². The third-order valence-corrected chi connectivity index (χ3v) is 0.975. The van der Waals surface area contributed by atoms with Crippen molar-refractivity contribution in [2.45, 2.75) is 32.3 Å². The fraction of sp³-hybridized carbons (Fsp3) is 0.714. The molecule has 0 amide bonds. The molecule has 0 saturated heterocycles. The zero-order valence-corrected chi connectivity index (χ0v) is 6.45. The Hall–Kier alpha value is -0.190. The Labute approximate surface area is 62.9 Å². The maximum Gasteiger partial charge on any atom is 0.0649 e. The van der Waals surface area contributed by atoms with Crippen molar-refractivity contribution in [1.29, 1.82) is 0 Å². The van der Waals surface area contributed by atoms with E-state index >= 15 is 0 Å². The van der Waals surface area contributed by atoms with Crippen molar-refractivity contribution in [2.24, 2.45) is 0 Å². The zero-order valence-electron chi connectivity index (χ0n) is 5.63. The van der Waals surface area contributed by atoms with Gasteiger partial charge in [0.25, 0.3) is 0 Å². The molecule has 1 nitrogen and oxygen atoms in total. The summed E-state index contributed by atoms with van der Waals surface area (Å²) in [5.74, 6) is 2.40. The number of aliphatic hydroxyl groups excluding tert-OH is 1. The summed E-state index contributed by atoms with van der Waals surface area (Å²) in [5, 5.41) is 8.91. The topological polar surface area (TPSA) is 20.2 Å². The molecule has 1 unspecified atom stereocenters. The van der Waals surface area contributed by atoms with Crippen LogP contribution in [-0.2, 0) is 0 Å². The number of aliphatic hydroxyl groups is 1. The van der Waals surface area contributed by atoms with E-state index in [4.69, 9.17) is 11.5 Å². The maximum atomic E-state index is 8.91. The van der Waals surface area contributed by atoms with Crippen molar-refractivity contribution in [3.05, 3.63) is 0 Å². The molecule has 0 radical (unpaired) electrons. The Balaban J connectivity index is 0. The van der Waals surface area contributed by atoms with Crippen LogP contribution in [0.3, 0.4) is 0 Å². The molecule has 0 aliphatic rings. The Kier molecular flexibility index (Phi) is 10.1. The molecule has 0 saturated carbocycles. The third kappa shape index (κ3) is 7.81. The van der Waals surface area contributed by atoms with E-state index < -0.39 is 0 Å².